The Hall–Kier alpha value is -2.89. The van der Waals surface area contributed by atoms with Gasteiger partial charge in [0.25, 0.3) is 0 Å². The first kappa shape index (κ1) is 23.4. The molecule has 10 heteroatoms. The topological polar surface area (TPSA) is 105 Å². The van der Waals surface area contributed by atoms with Gasteiger partial charge in [-0.1, -0.05) is 18.2 Å². The summed E-state index contributed by atoms with van der Waals surface area (Å²) in [7, 11) is 1.62. The number of methoxy groups -OCH3 is 1. The number of rotatable bonds is 8. The van der Waals surface area contributed by atoms with E-state index in [0.717, 1.165) is 22.8 Å². The highest BCUT2D eigenvalue weighted by molar-refractivity contribution is 14.0. The number of nitrogens with one attached hydrogen (secondary N) is 3. The summed E-state index contributed by atoms with van der Waals surface area (Å²) in [5.41, 5.74) is 1.77. The van der Waals surface area contributed by atoms with Crippen molar-refractivity contribution in [2.24, 2.45) is 4.99 Å². The lowest BCUT2D eigenvalue weighted by Gasteiger charge is -2.11. The number of benzene rings is 1. The van der Waals surface area contributed by atoms with E-state index in [1.165, 1.54) is 0 Å². The van der Waals surface area contributed by atoms with E-state index in [4.69, 9.17) is 4.74 Å². The number of hydrogen-bond donors (Lipinski definition) is 3. The molecular weight excluding hydrogens is 497 g/mol. The zero-order valence-electron chi connectivity index (χ0n) is 17.0. The molecule has 0 radical (unpaired) electrons. The predicted octanol–water partition coefficient (Wildman–Crippen LogP) is 1.73. The van der Waals surface area contributed by atoms with Crippen LogP contribution in [0, 0.1) is 0 Å². The number of fused-ring (bicyclic) bond motifs is 1. The summed E-state index contributed by atoms with van der Waals surface area (Å²) < 4.78 is 7.01. The highest BCUT2D eigenvalue weighted by Crippen LogP contribution is 2.10. The summed E-state index contributed by atoms with van der Waals surface area (Å²) in [5, 5.41) is 17.3. The molecule has 0 saturated carbocycles. The van der Waals surface area contributed by atoms with Crippen molar-refractivity contribution in [3.63, 3.8) is 0 Å². The lowest BCUT2D eigenvalue weighted by molar-refractivity contribution is -0.120. The van der Waals surface area contributed by atoms with Gasteiger partial charge in [-0.3, -0.25) is 9.20 Å². The molecule has 0 aliphatic carbocycles. The van der Waals surface area contributed by atoms with Crippen LogP contribution in [0.3, 0.4) is 0 Å². The molecule has 0 saturated heterocycles. The lowest BCUT2D eigenvalue weighted by Crippen LogP contribution is -2.43. The van der Waals surface area contributed by atoms with Gasteiger partial charge in [-0.2, -0.15) is 0 Å². The molecule has 3 rings (SSSR count). The third-order valence-electron chi connectivity index (χ3n) is 4.17. The second-order valence-corrected chi connectivity index (χ2v) is 6.22. The Bertz CT molecular complexity index is 973. The summed E-state index contributed by atoms with van der Waals surface area (Å²) in [6.07, 6.45) is 1.90. The molecule has 2 heterocycles. The van der Waals surface area contributed by atoms with E-state index >= 15 is 0 Å². The molecule has 0 unspecified atom stereocenters. The van der Waals surface area contributed by atoms with Crippen LogP contribution in [-0.2, 0) is 17.9 Å². The smallest absolute Gasteiger partial charge is 0.239 e. The summed E-state index contributed by atoms with van der Waals surface area (Å²) in [4.78, 5) is 16.6. The number of aliphatic imine (C=N–C) groups is 1. The van der Waals surface area contributed by atoms with Crippen molar-refractivity contribution in [3.8, 4) is 5.75 Å². The van der Waals surface area contributed by atoms with Gasteiger partial charge in [0, 0.05) is 19.3 Å². The third kappa shape index (κ3) is 6.58. The van der Waals surface area contributed by atoms with Crippen LogP contribution < -0.4 is 20.7 Å². The van der Waals surface area contributed by atoms with Crippen LogP contribution in [-0.4, -0.2) is 46.7 Å². The normalized spacial score (nSPS) is 10.9. The van der Waals surface area contributed by atoms with E-state index in [0.29, 0.717) is 25.6 Å². The largest absolute Gasteiger partial charge is 0.497 e. The second kappa shape index (κ2) is 12.0. The van der Waals surface area contributed by atoms with E-state index in [2.05, 4.69) is 31.1 Å². The van der Waals surface area contributed by atoms with E-state index in [1.54, 1.807) is 7.11 Å². The second-order valence-electron chi connectivity index (χ2n) is 6.22. The number of hydrogen-bond acceptors (Lipinski definition) is 5. The minimum atomic E-state index is -0.126. The van der Waals surface area contributed by atoms with Crippen molar-refractivity contribution in [1.82, 2.24) is 30.5 Å². The maximum absolute atomic E-state index is 12.1. The Kier molecular flexibility index (Phi) is 9.32. The van der Waals surface area contributed by atoms with E-state index in [-0.39, 0.29) is 36.4 Å². The zero-order valence-corrected chi connectivity index (χ0v) is 19.3. The van der Waals surface area contributed by atoms with Crippen LogP contribution in [0.25, 0.3) is 5.65 Å². The molecule has 0 fully saturated rings. The van der Waals surface area contributed by atoms with Gasteiger partial charge in [0.15, 0.2) is 17.4 Å². The fourth-order valence-electron chi connectivity index (χ4n) is 2.66. The molecular formula is C20H26IN7O2. The number of carbonyl (C=O) groups is 1. The van der Waals surface area contributed by atoms with Crippen molar-refractivity contribution in [2.75, 3.05) is 20.2 Å². The molecule has 2 aromatic heterocycles. The molecule has 3 N–H and O–H groups in total. The molecule has 0 spiro atoms. The summed E-state index contributed by atoms with van der Waals surface area (Å²) >= 11 is 0. The molecule has 0 bridgehead atoms. The lowest BCUT2D eigenvalue weighted by atomic mass is 10.2. The van der Waals surface area contributed by atoms with Gasteiger partial charge in [0.05, 0.1) is 13.7 Å². The highest BCUT2D eigenvalue weighted by atomic mass is 127. The Morgan fingerprint density at radius 3 is 2.63 bits per heavy atom. The van der Waals surface area contributed by atoms with Crippen LogP contribution in [0.15, 0.2) is 53.7 Å². The van der Waals surface area contributed by atoms with Crippen LogP contribution in [0.1, 0.15) is 18.3 Å². The molecule has 3 aromatic rings. The summed E-state index contributed by atoms with van der Waals surface area (Å²) in [6, 6.07) is 13.3. The minimum Gasteiger partial charge on any atom is -0.497 e. The van der Waals surface area contributed by atoms with E-state index in [9.17, 15) is 4.79 Å². The average Bonchev–Trinajstić information content (AvgIpc) is 3.17. The number of nitrogens with zero attached hydrogens (tertiary/aromatic N) is 4. The van der Waals surface area contributed by atoms with Gasteiger partial charge >= 0.3 is 0 Å². The van der Waals surface area contributed by atoms with Crippen molar-refractivity contribution < 1.29 is 9.53 Å². The van der Waals surface area contributed by atoms with Crippen molar-refractivity contribution in [3.05, 3.63) is 60.0 Å². The predicted molar refractivity (Wildman–Crippen MR) is 126 cm³/mol. The Balaban J connectivity index is 0.00000320. The quantitative estimate of drug-likeness (QED) is 0.236. The molecule has 0 aliphatic rings. The number of amides is 1. The zero-order chi connectivity index (χ0) is 20.5. The Labute approximate surface area is 192 Å². The molecule has 0 aliphatic heterocycles. The molecule has 1 amide bonds. The molecule has 0 atom stereocenters. The average molecular weight is 523 g/mol. The van der Waals surface area contributed by atoms with E-state index < -0.39 is 0 Å². The van der Waals surface area contributed by atoms with Crippen molar-refractivity contribution in [2.45, 2.75) is 20.0 Å². The number of aromatic nitrogens is 3. The monoisotopic (exact) mass is 523 g/mol. The molecule has 1 aromatic carbocycles. The summed E-state index contributed by atoms with van der Waals surface area (Å²) in [5.74, 6) is 1.93. The summed E-state index contributed by atoms with van der Waals surface area (Å²) in [6.45, 7) is 3.55. The fraction of sp³-hybridized carbons (Fsp3) is 0.300. The van der Waals surface area contributed by atoms with Gasteiger partial charge in [-0.25, -0.2) is 4.99 Å². The van der Waals surface area contributed by atoms with Gasteiger partial charge in [0.1, 0.15) is 12.3 Å². The number of carbonyl (C=O) groups excluding carboxylic acids is 1. The fourth-order valence-corrected chi connectivity index (χ4v) is 2.66. The first-order chi connectivity index (χ1) is 14.2. The van der Waals surface area contributed by atoms with Gasteiger partial charge < -0.3 is 20.7 Å². The number of guanidine groups is 1. The Morgan fingerprint density at radius 1 is 1.10 bits per heavy atom. The number of pyridine rings is 1. The van der Waals surface area contributed by atoms with Crippen molar-refractivity contribution >= 4 is 41.5 Å². The van der Waals surface area contributed by atoms with Crippen LogP contribution in [0.5, 0.6) is 5.75 Å². The molecule has 160 valence electrons. The third-order valence-corrected chi connectivity index (χ3v) is 4.17. The maximum Gasteiger partial charge on any atom is 0.239 e. The Morgan fingerprint density at radius 2 is 1.90 bits per heavy atom. The highest BCUT2D eigenvalue weighted by Gasteiger charge is 2.06. The first-order valence-corrected chi connectivity index (χ1v) is 9.40. The van der Waals surface area contributed by atoms with Gasteiger partial charge in [-0.15, -0.1) is 34.2 Å². The van der Waals surface area contributed by atoms with Crippen LogP contribution >= 0.6 is 24.0 Å². The SMILES string of the molecule is CCNC(=NCc1nnc2ccccn12)NCC(=O)NCc1ccc(OC)cc1.I. The minimum absolute atomic E-state index is 0. The molecule has 30 heavy (non-hydrogen) atoms. The molecule has 9 nitrogen and oxygen atoms in total. The first-order valence-electron chi connectivity index (χ1n) is 9.40. The van der Waals surface area contributed by atoms with Gasteiger partial charge in [0.2, 0.25) is 5.91 Å². The number of ether oxygens (including phenoxy) is 1. The van der Waals surface area contributed by atoms with Crippen LogP contribution in [0.4, 0.5) is 0 Å². The standard InChI is InChI=1S/C20H25N7O2.HI/c1-3-21-20(23-13-18-26-25-17-6-4-5-11-27(17)18)24-14-19(28)22-12-15-7-9-16(29-2)10-8-15;/h4-11H,3,12-14H2,1-2H3,(H,22,28)(H2,21,23,24);1H. The van der Waals surface area contributed by atoms with Gasteiger partial charge in [-0.05, 0) is 36.8 Å². The van der Waals surface area contributed by atoms with Crippen molar-refractivity contribution in [1.29, 1.82) is 0 Å². The maximum atomic E-state index is 12.1. The number of halogens is 1. The van der Waals surface area contributed by atoms with Crippen LogP contribution in [0.2, 0.25) is 0 Å². The van der Waals surface area contributed by atoms with E-state index in [1.807, 2.05) is 60.0 Å².